The highest BCUT2D eigenvalue weighted by atomic mass is 16.2. The van der Waals surface area contributed by atoms with E-state index in [1.807, 2.05) is 30.3 Å². The third-order valence-electron chi connectivity index (χ3n) is 3.19. The van der Waals surface area contributed by atoms with Gasteiger partial charge in [-0.3, -0.25) is 9.78 Å². The van der Waals surface area contributed by atoms with Gasteiger partial charge in [0, 0.05) is 12.6 Å². The Bertz CT molecular complexity index is 714. The van der Waals surface area contributed by atoms with Gasteiger partial charge in [0.2, 0.25) is 5.91 Å². The molecule has 0 aliphatic carbocycles. The zero-order valence-electron chi connectivity index (χ0n) is 11.7. The largest absolute Gasteiger partial charge is 0.323 e. The smallest absolute Gasteiger partial charge is 0.249 e. The number of hydrogen-bond donors (Lipinski definition) is 1. The topological polar surface area (TPSA) is 85.6 Å². The molecule has 0 bridgehead atoms. The molecule has 7 heteroatoms. The SMILES string of the molecule is O=C(Nc1cccnc1)C(Cc1ccccc1)n1cnnn1. The van der Waals surface area contributed by atoms with Gasteiger partial charge in [0.25, 0.3) is 0 Å². The number of carbonyl (C=O) groups is 1. The van der Waals surface area contributed by atoms with Crippen LogP contribution < -0.4 is 5.32 Å². The van der Waals surface area contributed by atoms with Crippen molar-refractivity contribution in [2.24, 2.45) is 0 Å². The van der Waals surface area contributed by atoms with E-state index in [0.717, 1.165) is 5.56 Å². The Labute approximate surface area is 127 Å². The number of benzene rings is 1. The van der Waals surface area contributed by atoms with Crippen molar-refractivity contribution >= 4 is 11.6 Å². The number of tetrazole rings is 1. The van der Waals surface area contributed by atoms with Crippen LogP contribution in [0.2, 0.25) is 0 Å². The molecule has 22 heavy (non-hydrogen) atoms. The fourth-order valence-corrected chi connectivity index (χ4v) is 2.12. The maximum Gasteiger partial charge on any atom is 0.249 e. The van der Waals surface area contributed by atoms with Crippen LogP contribution in [0.5, 0.6) is 0 Å². The Morgan fingerprint density at radius 1 is 1.18 bits per heavy atom. The Hall–Kier alpha value is -3.09. The molecule has 0 saturated heterocycles. The molecule has 0 spiro atoms. The first-order valence-corrected chi connectivity index (χ1v) is 6.80. The molecule has 2 aromatic heterocycles. The van der Waals surface area contributed by atoms with Gasteiger partial charge in [-0.15, -0.1) is 5.10 Å². The molecule has 1 aromatic carbocycles. The van der Waals surface area contributed by atoms with Crippen molar-refractivity contribution in [3.63, 3.8) is 0 Å². The van der Waals surface area contributed by atoms with Crippen molar-refractivity contribution in [2.75, 3.05) is 5.32 Å². The summed E-state index contributed by atoms with van der Waals surface area (Å²) in [5.41, 5.74) is 1.67. The second-order valence-electron chi connectivity index (χ2n) is 4.73. The van der Waals surface area contributed by atoms with Crippen LogP contribution in [0.15, 0.2) is 61.2 Å². The van der Waals surface area contributed by atoms with E-state index in [0.29, 0.717) is 12.1 Å². The fraction of sp³-hybridized carbons (Fsp3) is 0.133. The molecule has 0 radical (unpaired) electrons. The predicted octanol–water partition coefficient (Wildman–Crippen LogP) is 1.49. The molecule has 1 N–H and O–H groups in total. The molecular weight excluding hydrogens is 280 g/mol. The first-order chi connectivity index (χ1) is 10.8. The average molecular weight is 294 g/mol. The van der Waals surface area contributed by atoms with Crippen LogP contribution in [-0.2, 0) is 11.2 Å². The van der Waals surface area contributed by atoms with Crippen molar-refractivity contribution in [3.8, 4) is 0 Å². The number of anilines is 1. The average Bonchev–Trinajstić information content (AvgIpc) is 3.08. The quantitative estimate of drug-likeness (QED) is 0.770. The van der Waals surface area contributed by atoms with Gasteiger partial charge >= 0.3 is 0 Å². The minimum Gasteiger partial charge on any atom is -0.323 e. The summed E-state index contributed by atoms with van der Waals surface area (Å²) in [7, 11) is 0. The molecule has 0 aliphatic heterocycles. The molecule has 1 amide bonds. The number of aromatic nitrogens is 5. The van der Waals surface area contributed by atoms with E-state index < -0.39 is 6.04 Å². The van der Waals surface area contributed by atoms with Crippen LogP contribution >= 0.6 is 0 Å². The van der Waals surface area contributed by atoms with Gasteiger partial charge < -0.3 is 5.32 Å². The maximum absolute atomic E-state index is 12.6. The Morgan fingerprint density at radius 2 is 2.05 bits per heavy atom. The number of nitrogens with one attached hydrogen (secondary N) is 1. The molecular formula is C15H14N6O. The minimum absolute atomic E-state index is 0.191. The van der Waals surface area contributed by atoms with Gasteiger partial charge in [-0.05, 0) is 28.1 Å². The van der Waals surface area contributed by atoms with Gasteiger partial charge in [-0.1, -0.05) is 30.3 Å². The van der Waals surface area contributed by atoms with Crippen molar-refractivity contribution in [3.05, 3.63) is 66.7 Å². The Balaban J connectivity index is 1.81. The van der Waals surface area contributed by atoms with E-state index in [4.69, 9.17) is 0 Å². The zero-order valence-corrected chi connectivity index (χ0v) is 11.7. The number of amides is 1. The Morgan fingerprint density at radius 3 is 2.73 bits per heavy atom. The standard InChI is InChI=1S/C15H14N6O/c22-15(18-13-7-4-8-16-10-13)14(21-11-17-19-20-21)9-12-5-2-1-3-6-12/h1-8,10-11,14H,9H2,(H,18,22). The highest BCUT2D eigenvalue weighted by Crippen LogP contribution is 2.15. The van der Waals surface area contributed by atoms with Gasteiger partial charge in [-0.2, -0.15) is 0 Å². The number of nitrogens with zero attached hydrogens (tertiary/aromatic N) is 5. The summed E-state index contributed by atoms with van der Waals surface area (Å²) in [4.78, 5) is 16.5. The van der Waals surface area contributed by atoms with Crippen molar-refractivity contribution in [1.29, 1.82) is 0 Å². The lowest BCUT2D eigenvalue weighted by atomic mass is 10.1. The van der Waals surface area contributed by atoms with Crippen LogP contribution in [0.4, 0.5) is 5.69 Å². The van der Waals surface area contributed by atoms with E-state index in [1.54, 1.807) is 24.5 Å². The lowest BCUT2D eigenvalue weighted by molar-refractivity contribution is -0.119. The molecule has 3 rings (SSSR count). The van der Waals surface area contributed by atoms with E-state index >= 15 is 0 Å². The molecule has 1 atom stereocenters. The minimum atomic E-state index is -0.530. The fourth-order valence-electron chi connectivity index (χ4n) is 2.12. The normalized spacial score (nSPS) is 11.8. The summed E-state index contributed by atoms with van der Waals surface area (Å²) in [6.45, 7) is 0. The number of hydrogen-bond acceptors (Lipinski definition) is 5. The van der Waals surface area contributed by atoms with E-state index in [-0.39, 0.29) is 5.91 Å². The summed E-state index contributed by atoms with van der Waals surface area (Å²) >= 11 is 0. The van der Waals surface area contributed by atoms with Gasteiger partial charge in [0.1, 0.15) is 12.4 Å². The molecule has 0 aliphatic rings. The molecule has 0 saturated carbocycles. The first kappa shape index (κ1) is 13.9. The number of pyridine rings is 1. The molecule has 2 heterocycles. The summed E-state index contributed by atoms with van der Waals surface area (Å²) in [5.74, 6) is -0.191. The summed E-state index contributed by atoms with van der Waals surface area (Å²) in [6.07, 6.45) is 5.18. The summed E-state index contributed by atoms with van der Waals surface area (Å²) in [6, 6.07) is 12.8. The molecule has 3 aromatic rings. The maximum atomic E-state index is 12.6. The molecule has 7 nitrogen and oxygen atoms in total. The van der Waals surface area contributed by atoms with E-state index in [2.05, 4.69) is 25.8 Å². The second kappa shape index (κ2) is 6.57. The summed E-state index contributed by atoms with van der Waals surface area (Å²) < 4.78 is 1.46. The third kappa shape index (κ3) is 3.32. The van der Waals surface area contributed by atoms with Crippen molar-refractivity contribution < 1.29 is 4.79 Å². The summed E-state index contributed by atoms with van der Waals surface area (Å²) in [5, 5.41) is 13.9. The monoisotopic (exact) mass is 294 g/mol. The van der Waals surface area contributed by atoms with Gasteiger partial charge in [0.15, 0.2) is 0 Å². The molecule has 0 fully saturated rings. The number of rotatable bonds is 5. The van der Waals surface area contributed by atoms with Crippen LogP contribution in [0, 0.1) is 0 Å². The molecule has 110 valence electrons. The highest BCUT2D eigenvalue weighted by Gasteiger charge is 2.22. The lowest BCUT2D eigenvalue weighted by Gasteiger charge is -2.16. The Kier molecular flexibility index (Phi) is 4.15. The van der Waals surface area contributed by atoms with E-state index in [9.17, 15) is 4.79 Å². The first-order valence-electron chi connectivity index (χ1n) is 6.80. The third-order valence-corrected chi connectivity index (χ3v) is 3.19. The van der Waals surface area contributed by atoms with Crippen LogP contribution in [-0.4, -0.2) is 31.1 Å². The van der Waals surface area contributed by atoms with Crippen LogP contribution in [0.3, 0.4) is 0 Å². The van der Waals surface area contributed by atoms with Gasteiger partial charge in [0.05, 0.1) is 11.9 Å². The van der Waals surface area contributed by atoms with Gasteiger partial charge in [-0.25, -0.2) is 4.68 Å². The highest BCUT2D eigenvalue weighted by molar-refractivity contribution is 5.93. The predicted molar refractivity (Wildman–Crippen MR) is 79.9 cm³/mol. The van der Waals surface area contributed by atoms with Crippen molar-refractivity contribution in [2.45, 2.75) is 12.5 Å². The molecule has 1 unspecified atom stereocenters. The van der Waals surface area contributed by atoms with Crippen LogP contribution in [0.1, 0.15) is 11.6 Å². The lowest BCUT2D eigenvalue weighted by Crippen LogP contribution is -2.28. The zero-order chi connectivity index (χ0) is 15.2. The van der Waals surface area contributed by atoms with E-state index in [1.165, 1.54) is 11.0 Å². The van der Waals surface area contributed by atoms with Crippen LogP contribution in [0.25, 0.3) is 0 Å². The number of carbonyl (C=O) groups excluding carboxylic acids is 1. The second-order valence-corrected chi connectivity index (χ2v) is 4.73. The van der Waals surface area contributed by atoms with Crippen molar-refractivity contribution in [1.82, 2.24) is 25.2 Å².